The summed E-state index contributed by atoms with van der Waals surface area (Å²) in [5.41, 5.74) is 3.36. The Morgan fingerprint density at radius 3 is 2.63 bits per heavy atom. The third-order valence-electron chi connectivity index (χ3n) is 8.90. The fraction of sp³-hybridized carbons (Fsp3) is 1.00. The molecule has 30 heavy (non-hydrogen) atoms. The summed E-state index contributed by atoms with van der Waals surface area (Å²) < 4.78 is 0. The highest BCUT2D eigenvalue weighted by atomic mass is 16.7. The van der Waals surface area contributed by atoms with E-state index in [2.05, 4.69) is 52.0 Å². The van der Waals surface area contributed by atoms with Gasteiger partial charge in [-0.05, 0) is 78.0 Å². The van der Waals surface area contributed by atoms with E-state index < -0.39 is 0 Å². The highest BCUT2D eigenvalue weighted by Crippen LogP contribution is 2.40. The Morgan fingerprint density at radius 1 is 1.00 bits per heavy atom. The van der Waals surface area contributed by atoms with Gasteiger partial charge in [0.15, 0.2) is 0 Å². The van der Waals surface area contributed by atoms with Crippen molar-refractivity contribution in [3.8, 4) is 0 Å². The predicted octanol–water partition coefficient (Wildman–Crippen LogP) is 1.24. The molecular weight excluding hydrogens is 376 g/mol. The van der Waals surface area contributed by atoms with E-state index in [4.69, 9.17) is 4.84 Å². The molecular formula is C23H44N6O. The first-order valence-electron chi connectivity index (χ1n) is 12.6. The molecule has 7 heteroatoms. The van der Waals surface area contributed by atoms with Gasteiger partial charge in [0.1, 0.15) is 6.23 Å². The Bertz CT molecular complexity index is 568. The zero-order valence-electron chi connectivity index (χ0n) is 19.4. The zero-order valence-corrected chi connectivity index (χ0v) is 19.4. The lowest BCUT2D eigenvalue weighted by atomic mass is 9.79. The van der Waals surface area contributed by atoms with Crippen LogP contribution in [0.2, 0.25) is 0 Å². The van der Waals surface area contributed by atoms with Gasteiger partial charge < -0.3 is 10.2 Å². The van der Waals surface area contributed by atoms with Crippen LogP contribution in [0.25, 0.3) is 0 Å². The van der Waals surface area contributed by atoms with Gasteiger partial charge >= 0.3 is 0 Å². The molecule has 4 saturated heterocycles. The molecule has 4 aliphatic heterocycles. The van der Waals surface area contributed by atoms with Crippen molar-refractivity contribution in [1.29, 1.82) is 0 Å². The predicted molar refractivity (Wildman–Crippen MR) is 120 cm³/mol. The summed E-state index contributed by atoms with van der Waals surface area (Å²) in [7, 11) is 6.69. The molecule has 8 unspecified atom stereocenters. The molecule has 0 aromatic rings. The SMILES string of the molecule is CN(C)C1CCC(C2NOC(C3CCCN3CC3CN(C)C4CCCCC34)N2)CN1. The fourth-order valence-electron chi connectivity index (χ4n) is 7.20. The largest absolute Gasteiger partial charge is 0.303 e. The minimum absolute atomic E-state index is 0.130. The monoisotopic (exact) mass is 420 g/mol. The first kappa shape index (κ1) is 21.6. The maximum atomic E-state index is 6.15. The Hall–Kier alpha value is -0.280. The van der Waals surface area contributed by atoms with E-state index >= 15 is 0 Å². The number of nitrogens with zero attached hydrogens (tertiary/aromatic N) is 3. The van der Waals surface area contributed by atoms with Gasteiger partial charge in [-0.3, -0.25) is 20.0 Å². The number of piperidine rings is 1. The van der Waals surface area contributed by atoms with Crippen molar-refractivity contribution in [2.24, 2.45) is 17.8 Å². The van der Waals surface area contributed by atoms with Crippen molar-refractivity contribution < 1.29 is 4.84 Å². The lowest BCUT2D eigenvalue weighted by molar-refractivity contribution is -0.0273. The van der Waals surface area contributed by atoms with Crippen LogP contribution in [0.1, 0.15) is 51.4 Å². The molecule has 4 heterocycles. The van der Waals surface area contributed by atoms with Gasteiger partial charge in [-0.15, -0.1) is 0 Å². The topological polar surface area (TPSA) is 55.0 Å². The van der Waals surface area contributed by atoms with Crippen LogP contribution >= 0.6 is 0 Å². The van der Waals surface area contributed by atoms with Crippen LogP contribution in [0.5, 0.6) is 0 Å². The Morgan fingerprint density at radius 2 is 1.83 bits per heavy atom. The minimum Gasteiger partial charge on any atom is -0.303 e. The quantitative estimate of drug-likeness (QED) is 0.619. The number of hydroxylamine groups is 1. The first-order valence-corrected chi connectivity index (χ1v) is 12.6. The van der Waals surface area contributed by atoms with Crippen LogP contribution in [0.4, 0.5) is 0 Å². The molecule has 1 saturated carbocycles. The average molecular weight is 421 g/mol. The number of fused-ring (bicyclic) bond motifs is 1. The van der Waals surface area contributed by atoms with Gasteiger partial charge in [0.05, 0.1) is 18.4 Å². The van der Waals surface area contributed by atoms with Crippen LogP contribution in [-0.2, 0) is 4.84 Å². The first-order chi connectivity index (χ1) is 14.6. The van der Waals surface area contributed by atoms with Crippen molar-refractivity contribution in [3.05, 3.63) is 0 Å². The van der Waals surface area contributed by atoms with Crippen molar-refractivity contribution >= 4 is 0 Å². The summed E-state index contributed by atoms with van der Waals surface area (Å²) in [6, 6.07) is 1.36. The summed E-state index contributed by atoms with van der Waals surface area (Å²) in [5, 5.41) is 7.52. The average Bonchev–Trinajstić information content (AvgIpc) is 3.48. The number of hydrogen-bond donors (Lipinski definition) is 3. The third-order valence-corrected chi connectivity index (χ3v) is 8.90. The third kappa shape index (κ3) is 4.32. The lowest BCUT2D eigenvalue weighted by Crippen LogP contribution is -2.54. The standard InChI is InChI=1S/C23H44N6O/c1-27(2)21-11-10-16(13-24-21)22-25-23(30-26-22)20-9-6-12-29(20)15-17-14-28(3)19-8-5-4-7-18(17)19/h16-26H,4-15H2,1-3H3. The number of likely N-dealkylation sites (tertiary alicyclic amines) is 2. The molecule has 7 nitrogen and oxygen atoms in total. The van der Waals surface area contributed by atoms with E-state index in [0.717, 1.165) is 24.4 Å². The maximum absolute atomic E-state index is 6.15. The summed E-state index contributed by atoms with van der Waals surface area (Å²) in [5.74, 6) is 2.36. The van der Waals surface area contributed by atoms with Crippen LogP contribution in [-0.4, -0.2) is 92.7 Å². The molecule has 8 atom stereocenters. The number of hydrogen-bond acceptors (Lipinski definition) is 7. The van der Waals surface area contributed by atoms with Gasteiger partial charge in [0.25, 0.3) is 0 Å². The lowest BCUT2D eigenvalue weighted by Gasteiger charge is -2.36. The molecule has 1 aliphatic carbocycles. The molecule has 5 fully saturated rings. The highest BCUT2D eigenvalue weighted by Gasteiger charge is 2.45. The molecule has 0 amide bonds. The van der Waals surface area contributed by atoms with E-state index in [9.17, 15) is 0 Å². The Balaban J connectivity index is 1.14. The molecule has 0 spiro atoms. The van der Waals surface area contributed by atoms with E-state index in [-0.39, 0.29) is 12.4 Å². The molecule has 0 radical (unpaired) electrons. The van der Waals surface area contributed by atoms with Crippen molar-refractivity contribution in [2.45, 2.75) is 82.0 Å². The van der Waals surface area contributed by atoms with Crippen LogP contribution in [0, 0.1) is 17.8 Å². The second-order valence-electron chi connectivity index (χ2n) is 10.9. The number of nitrogens with one attached hydrogen (secondary N) is 3. The summed E-state index contributed by atoms with van der Waals surface area (Å²) >= 11 is 0. The van der Waals surface area contributed by atoms with Gasteiger partial charge in [-0.25, -0.2) is 0 Å². The van der Waals surface area contributed by atoms with Crippen LogP contribution < -0.4 is 16.1 Å². The van der Waals surface area contributed by atoms with Gasteiger partial charge in [0, 0.05) is 31.6 Å². The van der Waals surface area contributed by atoms with Crippen LogP contribution in [0.3, 0.4) is 0 Å². The molecule has 5 rings (SSSR count). The molecule has 3 N–H and O–H groups in total. The second-order valence-corrected chi connectivity index (χ2v) is 10.9. The highest BCUT2D eigenvalue weighted by molar-refractivity contribution is 4.97. The molecule has 5 aliphatic rings. The van der Waals surface area contributed by atoms with E-state index in [0.29, 0.717) is 18.1 Å². The van der Waals surface area contributed by atoms with Gasteiger partial charge in [-0.2, -0.15) is 5.48 Å². The fourth-order valence-corrected chi connectivity index (χ4v) is 7.20. The molecule has 172 valence electrons. The Labute approximate surface area is 183 Å². The van der Waals surface area contributed by atoms with E-state index in [1.807, 2.05) is 0 Å². The maximum Gasteiger partial charge on any atom is 0.146 e. The summed E-state index contributed by atoms with van der Waals surface area (Å²) in [6.07, 6.45) is 11.7. The number of rotatable bonds is 5. The van der Waals surface area contributed by atoms with E-state index in [1.165, 1.54) is 71.0 Å². The second kappa shape index (κ2) is 9.30. The summed E-state index contributed by atoms with van der Waals surface area (Å²) in [6.45, 7) is 4.84. The smallest absolute Gasteiger partial charge is 0.146 e. The van der Waals surface area contributed by atoms with Crippen molar-refractivity contribution in [2.75, 3.05) is 47.3 Å². The van der Waals surface area contributed by atoms with E-state index in [1.54, 1.807) is 0 Å². The van der Waals surface area contributed by atoms with Crippen molar-refractivity contribution in [3.63, 3.8) is 0 Å². The normalized spacial score (nSPS) is 46.0. The molecule has 0 bridgehead atoms. The van der Waals surface area contributed by atoms with Crippen molar-refractivity contribution in [1.82, 2.24) is 30.8 Å². The Kier molecular flexibility index (Phi) is 6.68. The molecule has 0 aromatic carbocycles. The van der Waals surface area contributed by atoms with Crippen LogP contribution in [0.15, 0.2) is 0 Å². The minimum atomic E-state index is 0.130. The van der Waals surface area contributed by atoms with Gasteiger partial charge in [0.2, 0.25) is 0 Å². The summed E-state index contributed by atoms with van der Waals surface area (Å²) in [4.78, 5) is 13.9. The van der Waals surface area contributed by atoms with Gasteiger partial charge in [-0.1, -0.05) is 12.8 Å². The zero-order chi connectivity index (χ0) is 20.7. The molecule has 0 aromatic heterocycles.